The van der Waals surface area contributed by atoms with Crippen LogP contribution >= 0.6 is 0 Å². The van der Waals surface area contributed by atoms with Crippen molar-refractivity contribution in [3.63, 3.8) is 0 Å². The van der Waals surface area contributed by atoms with Crippen molar-refractivity contribution in [2.45, 2.75) is 25.8 Å². The maximum Gasteiger partial charge on any atom is 0.573 e. The first-order valence-electron chi connectivity index (χ1n) is 7.73. The van der Waals surface area contributed by atoms with Crippen LogP contribution in [0, 0.1) is 0 Å². The fourth-order valence-corrected chi connectivity index (χ4v) is 2.84. The van der Waals surface area contributed by atoms with Crippen molar-refractivity contribution in [3.05, 3.63) is 53.6 Å². The molecular weight excluding hydrogens is 350 g/mol. The van der Waals surface area contributed by atoms with Crippen LogP contribution in [0.15, 0.2) is 42.5 Å². The van der Waals surface area contributed by atoms with Crippen LogP contribution in [-0.4, -0.2) is 24.4 Å². The molecule has 136 valence electrons. The number of halogens is 3. The van der Waals surface area contributed by atoms with E-state index in [2.05, 4.69) is 10.1 Å². The zero-order valence-electron chi connectivity index (χ0n) is 13.9. The van der Waals surface area contributed by atoms with Crippen molar-refractivity contribution in [1.82, 2.24) is 0 Å². The Kier molecular flexibility index (Phi) is 4.45. The molecule has 0 aliphatic carbocycles. The standard InChI is InChI=1S/C17H15BF3NO4/c1-16(2)13-7-6-11(9-14(13)18(24)26-16)22-15(23)10-4-3-5-12(8-10)25-17(19,20)21/h3-9,24H,1-2H3,(H,22,23). The largest absolute Gasteiger partial charge is 0.573 e. The van der Waals surface area contributed by atoms with Gasteiger partial charge in [0, 0.05) is 11.3 Å². The molecule has 0 fully saturated rings. The van der Waals surface area contributed by atoms with Gasteiger partial charge in [-0.2, -0.15) is 0 Å². The summed E-state index contributed by atoms with van der Waals surface area (Å²) in [5.74, 6) is -1.09. The first-order valence-corrected chi connectivity index (χ1v) is 7.73. The molecule has 0 bridgehead atoms. The Morgan fingerprint density at radius 3 is 2.65 bits per heavy atom. The van der Waals surface area contributed by atoms with Crippen LogP contribution in [0.5, 0.6) is 5.75 Å². The number of anilines is 1. The molecule has 0 saturated heterocycles. The van der Waals surface area contributed by atoms with Gasteiger partial charge in [0.25, 0.3) is 5.91 Å². The summed E-state index contributed by atoms with van der Waals surface area (Å²) >= 11 is 0. The van der Waals surface area contributed by atoms with E-state index in [1.54, 1.807) is 18.2 Å². The van der Waals surface area contributed by atoms with Gasteiger partial charge >= 0.3 is 13.5 Å². The topological polar surface area (TPSA) is 67.8 Å². The minimum Gasteiger partial charge on any atom is -0.423 e. The van der Waals surface area contributed by atoms with Gasteiger partial charge in [0.15, 0.2) is 0 Å². The molecule has 26 heavy (non-hydrogen) atoms. The fraction of sp³-hybridized carbons (Fsp3) is 0.235. The lowest BCUT2D eigenvalue weighted by atomic mass is 9.78. The van der Waals surface area contributed by atoms with Crippen LogP contribution in [-0.2, 0) is 10.3 Å². The maximum atomic E-state index is 12.3. The molecule has 0 atom stereocenters. The molecule has 0 unspecified atom stereocenters. The van der Waals surface area contributed by atoms with E-state index in [9.17, 15) is 23.0 Å². The molecular formula is C17H15BF3NO4. The van der Waals surface area contributed by atoms with Crippen LogP contribution in [0.1, 0.15) is 29.8 Å². The van der Waals surface area contributed by atoms with Crippen molar-refractivity contribution in [2.75, 3.05) is 5.32 Å². The maximum absolute atomic E-state index is 12.3. The summed E-state index contributed by atoms with van der Waals surface area (Å²) < 4.78 is 46.1. The number of rotatable bonds is 3. The quantitative estimate of drug-likeness (QED) is 0.821. The van der Waals surface area contributed by atoms with Gasteiger partial charge in [-0.15, -0.1) is 13.2 Å². The van der Waals surface area contributed by atoms with Gasteiger partial charge in [-0.1, -0.05) is 12.1 Å². The number of amides is 1. The molecule has 1 aliphatic rings. The van der Waals surface area contributed by atoms with Crippen molar-refractivity contribution in [3.8, 4) is 5.75 Å². The minimum atomic E-state index is -4.84. The van der Waals surface area contributed by atoms with E-state index in [1.807, 2.05) is 13.8 Å². The molecule has 2 aromatic carbocycles. The van der Waals surface area contributed by atoms with E-state index in [4.69, 9.17) is 4.65 Å². The summed E-state index contributed by atoms with van der Waals surface area (Å²) in [5, 5.41) is 12.6. The SMILES string of the molecule is CC1(C)OB(O)c2cc(NC(=O)c3cccc(OC(F)(F)F)c3)ccc21. The number of nitrogens with one attached hydrogen (secondary N) is 1. The highest BCUT2D eigenvalue weighted by molar-refractivity contribution is 6.62. The molecule has 0 aromatic heterocycles. The van der Waals surface area contributed by atoms with E-state index in [0.29, 0.717) is 11.2 Å². The molecule has 1 heterocycles. The molecule has 2 aromatic rings. The summed E-state index contributed by atoms with van der Waals surface area (Å²) in [4.78, 5) is 12.3. The number of hydrogen-bond donors (Lipinski definition) is 2. The van der Waals surface area contributed by atoms with Gasteiger partial charge in [-0.25, -0.2) is 0 Å². The van der Waals surface area contributed by atoms with Crippen LogP contribution in [0.2, 0.25) is 0 Å². The summed E-state index contributed by atoms with van der Waals surface area (Å²) in [6.45, 7) is 3.62. The predicted molar refractivity (Wildman–Crippen MR) is 89.2 cm³/mol. The molecule has 1 amide bonds. The number of benzene rings is 2. The van der Waals surface area contributed by atoms with Gasteiger partial charge < -0.3 is 19.7 Å². The lowest BCUT2D eigenvalue weighted by molar-refractivity contribution is -0.274. The highest BCUT2D eigenvalue weighted by Gasteiger charge is 2.40. The molecule has 3 rings (SSSR count). The van der Waals surface area contributed by atoms with Gasteiger partial charge in [0.1, 0.15) is 5.75 Å². The number of fused-ring (bicyclic) bond motifs is 1. The minimum absolute atomic E-state index is 0.00405. The number of carbonyl (C=O) groups excluding carboxylic acids is 1. The predicted octanol–water partition coefficient (Wildman–Crippen LogP) is 2.79. The summed E-state index contributed by atoms with van der Waals surface area (Å²) in [7, 11) is -1.11. The Morgan fingerprint density at radius 2 is 1.96 bits per heavy atom. The molecule has 9 heteroatoms. The second-order valence-electron chi connectivity index (χ2n) is 6.31. The zero-order chi connectivity index (χ0) is 19.1. The second kappa shape index (κ2) is 6.33. The van der Waals surface area contributed by atoms with Crippen molar-refractivity contribution < 1.29 is 32.4 Å². The number of alkyl halides is 3. The smallest absolute Gasteiger partial charge is 0.423 e. The fourth-order valence-electron chi connectivity index (χ4n) is 2.84. The van der Waals surface area contributed by atoms with E-state index in [0.717, 1.165) is 17.7 Å². The highest BCUT2D eigenvalue weighted by atomic mass is 19.4. The third-order valence-electron chi connectivity index (χ3n) is 3.96. The van der Waals surface area contributed by atoms with E-state index >= 15 is 0 Å². The van der Waals surface area contributed by atoms with Gasteiger partial charge in [0.2, 0.25) is 0 Å². The second-order valence-corrected chi connectivity index (χ2v) is 6.31. The Balaban J connectivity index is 1.79. The van der Waals surface area contributed by atoms with Crippen molar-refractivity contribution in [2.24, 2.45) is 0 Å². The zero-order valence-corrected chi connectivity index (χ0v) is 13.9. The first-order chi connectivity index (χ1) is 12.0. The van der Waals surface area contributed by atoms with Crippen molar-refractivity contribution in [1.29, 1.82) is 0 Å². The number of carbonyl (C=O) groups is 1. The third kappa shape index (κ3) is 3.84. The van der Waals surface area contributed by atoms with Crippen LogP contribution < -0.4 is 15.5 Å². The van der Waals surface area contributed by atoms with E-state index in [-0.39, 0.29) is 5.56 Å². The number of ether oxygens (including phenoxy) is 1. The van der Waals surface area contributed by atoms with Crippen LogP contribution in [0.25, 0.3) is 0 Å². The molecule has 2 N–H and O–H groups in total. The third-order valence-corrected chi connectivity index (χ3v) is 3.96. The average Bonchev–Trinajstić information content (AvgIpc) is 2.75. The van der Waals surface area contributed by atoms with Gasteiger partial charge in [-0.05, 0) is 55.2 Å². The van der Waals surface area contributed by atoms with Crippen LogP contribution in [0.4, 0.5) is 18.9 Å². The molecule has 0 saturated carbocycles. The lowest BCUT2D eigenvalue weighted by Gasteiger charge is -2.19. The normalized spacial score (nSPS) is 15.5. The monoisotopic (exact) mass is 365 g/mol. The Hall–Kier alpha value is -2.52. The lowest BCUT2D eigenvalue weighted by Crippen LogP contribution is -2.29. The molecule has 1 aliphatic heterocycles. The summed E-state index contributed by atoms with van der Waals surface area (Å²) in [5.41, 5.74) is 1.06. The Labute approximate surface area is 147 Å². The molecule has 0 spiro atoms. The summed E-state index contributed by atoms with van der Waals surface area (Å²) in [6, 6.07) is 9.70. The summed E-state index contributed by atoms with van der Waals surface area (Å²) in [6.07, 6.45) is -4.84. The first kappa shape index (κ1) is 18.3. The molecule has 0 radical (unpaired) electrons. The van der Waals surface area contributed by atoms with E-state index < -0.39 is 30.7 Å². The number of hydrogen-bond acceptors (Lipinski definition) is 4. The Morgan fingerprint density at radius 1 is 1.23 bits per heavy atom. The van der Waals surface area contributed by atoms with E-state index in [1.165, 1.54) is 12.1 Å². The van der Waals surface area contributed by atoms with Gasteiger partial charge in [-0.3, -0.25) is 4.79 Å². The van der Waals surface area contributed by atoms with Crippen LogP contribution in [0.3, 0.4) is 0 Å². The molecule has 5 nitrogen and oxygen atoms in total. The Bertz CT molecular complexity index is 854. The van der Waals surface area contributed by atoms with Crippen molar-refractivity contribution >= 4 is 24.2 Å². The van der Waals surface area contributed by atoms with Gasteiger partial charge in [0.05, 0.1) is 5.60 Å². The average molecular weight is 365 g/mol. The highest BCUT2D eigenvalue weighted by Crippen LogP contribution is 2.31.